The van der Waals surface area contributed by atoms with Crippen LogP contribution in [-0.4, -0.2) is 63.5 Å². The molecule has 0 bridgehead atoms. The number of fused-ring (bicyclic) bond motifs is 1. The van der Waals surface area contributed by atoms with Crippen molar-refractivity contribution >= 4 is 28.6 Å². The predicted octanol–water partition coefficient (Wildman–Crippen LogP) is 4.53. The Morgan fingerprint density at radius 3 is 2.58 bits per heavy atom. The number of aromatic nitrogens is 2. The second-order valence-corrected chi connectivity index (χ2v) is 11.2. The monoisotopic (exact) mass is 545 g/mol. The van der Waals surface area contributed by atoms with Gasteiger partial charge in [0.2, 0.25) is 11.3 Å². The molecule has 8 nitrogen and oxygen atoms in total. The van der Waals surface area contributed by atoms with Crippen molar-refractivity contribution in [2.24, 2.45) is 5.41 Å². The molecular formula is C28H33ClFN3O5. The first kappa shape index (κ1) is 28.0. The molecule has 3 aromatic rings. The zero-order chi connectivity index (χ0) is 27.6. The fourth-order valence-electron chi connectivity index (χ4n) is 4.89. The van der Waals surface area contributed by atoms with Gasteiger partial charge in [0.25, 0.3) is 0 Å². The van der Waals surface area contributed by atoms with Crippen molar-refractivity contribution in [2.45, 2.75) is 46.1 Å². The lowest BCUT2D eigenvalue weighted by Gasteiger charge is -2.32. The molecule has 1 fully saturated rings. The smallest absolute Gasteiger partial charge is 0.341 e. The molecule has 4 rings (SSSR count). The maximum absolute atomic E-state index is 14.8. The maximum Gasteiger partial charge on any atom is 0.341 e. The van der Waals surface area contributed by atoms with Crippen molar-refractivity contribution in [1.82, 2.24) is 14.5 Å². The van der Waals surface area contributed by atoms with Crippen LogP contribution in [0, 0.1) is 11.2 Å². The second kappa shape index (κ2) is 11.4. The summed E-state index contributed by atoms with van der Waals surface area (Å²) < 4.78 is 22.5. The molecule has 0 saturated carbocycles. The van der Waals surface area contributed by atoms with E-state index in [9.17, 15) is 24.2 Å². The van der Waals surface area contributed by atoms with Crippen LogP contribution < -0.4 is 10.2 Å². The summed E-state index contributed by atoms with van der Waals surface area (Å²) in [6.45, 7) is 8.43. The molecule has 2 aromatic heterocycles. The lowest BCUT2D eigenvalue weighted by atomic mass is 9.86. The van der Waals surface area contributed by atoms with Crippen LogP contribution in [0.1, 0.15) is 61.1 Å². The van der Waals surface area contributed by atoms with Crippen LogP contribution in [-0.2, 0) is 6.42 Å². The second-order valence-electron chi connectivity index (χ2n) is 10.8. The van der Waals surface area contributed by atoms with E-state index in [1.807, 2.05) is 20.8 Å². The van der Waals surface area contributed by atoms with Crippen LogP contribution >= 0.6 is 11.6 Å². The summed E-state index contributed by atoms with van der Waals surface area (Å²) in [5, 5.41) is 20.0. The Bertz CT molecular complexity index is 1400. The lowest BCUT2D eigenvalue weighted by molar-refractivity contribution is 0.0692. The van der Waals surface area contributed by atoms with Crippen molar-refractivity contribution in [2.75, 3.05) is 32.8 Å². The molecule has 0 aliphatic carbocycles. The van der Waals surface area contributed by atoms with E-state index < -0.39 is 34.2 Å². The van der Waals surface area contributed by atoms with Crippen LogP contribution in [0.2, 0.25) is 5.02 Å². The van der Waals surface area contributed by atoms with Crippen molar-refractivity contribution in [3.63, 3.8) is 0 Å². The number of ether oxygens (including phenoxy) is 1. The third kappa shape index (κ3) is 5.85. The van der Waals surface area contributed by atoms with Gasteiger partial charge in [0.05, 0.1) is 23.1 Å². The maximum atomic E-state index is 14.8. The predicted molar refractivity (Wildman–Crippen MR) is 144 cm³/mol. The van der Waals surface area contributed by atoms with E-state index in [2.05, 4.69) is 4.90 Å². The average Bonchev–Trinajstić information content (AvgIpc) is 3.37. The molecule has 1 aliphatic heterocycles. The quantitative estimate of drug-likeness (QED) is 0.407. The van der Waals surface area contributed by atoms with Gasteiger partial charge in [-0.25, -0.2) is 9.18 Å². The van der Waals surface area contributed by atoms with E-state index in [0.29, 0.717) is 24.3 Å². The fourth-order valence-corrected chi connectivity index (χ4v) is 5.08. The van der Waals surface area contributed by atoms with E-state index in [1.165, 1.54) is 22.9 Å². The van der Waals surface area contributed by atoms with E-state index >= 15 is 0 Å². The minimum absolute atomic E-state index is 0.0285. The molecule has 3 heterocycles. The zero-order valence-corrected chi connectivity index (χ0v) is 22.6. The highest BCUT2D eigenvalue weighted by molar-refractivity contribution is 6.30. The fraction of sp³-hybridized carbons (Fsp3) is 0.464. The third-order valence-electron chi connectivity index (χ3n) is 7.04. The number of hydrogen-bond acceptors (Lipinski definition) is 6. The summed E-state index contributed by atoms with van der Waals surface area (Å²) >= 11 is 6.00. The van der Waals surface area contributed by atoms with Gasteiger partial charge in [-0.3, -0.25) is 9.69 Å². The molecule has 1 saturated heterocycles. The number of aliphatic hydroxyl groups excluding tert-OH is 1. The highest BCUT2D eigenvalue weighted by atomic mass is 35.5. The number of carboxylic acids is 1. The molecular weight excluding hydrogens is 513 g/mol. The first-order valence-electron chi connectivity index (χ1n) is 12.7. The molecule has 10 heteroatoms. The summed E-state index contributed by atoms with van der Waals surface area (Å²) in [4.78, 5) is 32.2. The standard InChI is InChI=1S/C28H33ClFN3O5/c1-28(2,3)22(16-34)33-15-20(27(36)37)24(35)19-14-18(13-17-7-6-8-21(29)23(17)30)26(31-25(19)33)38-12-11-32-9-4-5-10-32/h6-8,14-15,22,34H,4-5,9-13,16H2,1-3H3,(H,36,37)/t22-/m1/s1. The van der Waals surface area contributed by atoms with Crippen molar-refractivity contribution in [3.8, 4) is 5.88 Å². The van der Waals surface area contributed by atoms with Crippen LogP contribution in [0.15, 0.2) is 35.3 Å². The summed E-state index contributed by atoms with van der Waals surface area (Å²) in [6, 6.07) is 5.62. The van der Waals surface area contributed by atoms with Crippen molar-refractivity contribution < 1.29 is 24.1 Å². The van der Waals surface area contributed by atoms with Gasteiger partial charge in [-0.2, -0.15) is 4.98 Å². The SMILES string of the molecule is CC(C)(C)[C@@H](CO)n1cc(C(=O)O)c(=O)c2cc(Cc3cccc(Cl)c3F)c(OCCN3CCCC3)nc21. The largest absolute Gasteiger partial charge is 0.477 e. The third-order valence-corrected chi connectivity index (χ3v) is 7.33. The number of carboxylic acid groups (broad SMARTS) is 1. The molecule has 0 amide bonds. The molecule has 0 spiro atoms. The number of pyridine rings is 2. The zero-order valence-electron chi connectivity index (χ0n) is 21.8. The van der Waals surface area contributed by atoms with Gasteiger partial charge in [0, 0.05) is 24.7 Å². The van der Waals surface area contributed by atoms with Gasteiger partial charge in [-0.1, -0.05) is 44.5 Å². The topological polar surface area (TPSA) is 105 Å². The normalized spacial score (nSPS) is 15.2. The van der Waals surface area contributed by atoms with E-state index in [-0.39, 0.29) is 35.0 Å². The van der Waals surface area contributed by atoms with Crippen LogP contribution in [0.25, 0.3) is 11.0 Å². The molecule has 2 N–H and O–H groups in total. The van der Waals surface area contributed by atoms with Gasteiger partial charge in [0.1, 0.15) is 23.6 Å². The summed E-state index contributed by atoms with van der Waals surface area (Å²) in [6.07, 6.45) is 3.55. The number of aromatic carboxylic acids is 1. The van der Waals surface area contributed by atoms with E-state index in [0.717, 1.165) is 25.9 Å². The Hall–Kier alpha value is -3.01. The number of hydrogen-bond donors (Lipinski definition) is 2. The molecule has 0 radical (unpaired) electrons. The number of likely N-dealkylation sites (tertiary alicyclic amines) is 1. The number of carbonyl (C=O) groups is 1. The lowest BCUT2D eigenvalue weighted by Crippen LogP contribution is -2.31. The Labute approximate surface area is 225 Å². The minimum atomic E-state index is -1.38. The molecule has 204 valence electrons. The minimum Gasteiger partial charge on any atom is -0.477 e. The molecule has 1 aliphatic rings. The summed E-state index contributed by atoms with van der Waals surface area (Å²) in [7, 11) is 0. The Kier molecular flexibility index (Phi) is 8.40. The summed E-state index contributed by atoms with van der Waals surface area (Å²) in [5.74, 6) is -1.75. The van der Waals surface area contributed by atoms with E-state index in [1.54, 1.807) is 12.1 Å². The van der Waals surface area contributed by atoms with Gasteiger partial charge >= 0.3 is 5.97 Å². The van der Waals surface area contributed by atoms with Gasteiger partial charge in [-0.05, 0) is 49.0 Å². The van der Waals surface area contributed by atoms with Crippen molar-refractivity contribution in [3.05, 3.63) is 68.2 Å². The number of halogens is 2. The van der Waals surface area contributed by atoms with Crippen LogP contribution in [0.5, 0.6) is 5.88 Å². The Balaban J connectivity index is 1.90. The first-order chi connectivity index (χ1) is 18.0. The van der Waals surface area contributed by atoms with Crippen LogP contribution in [0.4, 0.5) is 4.39 Å². The van der Waals surface area contributed by atoms with Crippen molar-refractivity contribution in [1.29, 1.82) is 0 Å². The Morgan fingerprint density at radius 1 is 1.24 bits per heavy atom. The van der Waals surface area contributed by atoms with Gasteiger partial charge in [-0.15, -0.1) is 0 Å². The molecule has 1 aromatic carbocycles. The summed E-state index contributed by atoms with van der Waals surface area (Å²) in [5.41, 5.74) is -0.722. The number of nitrogens with zero attached hydrogens (tertiary/aromatic N) is 3. The number of rotatable bonds is 9. The average molecular weight is 546 g/mol. The van der Waals surface area contributed by atoms with Gasteiger partial charge in [0.15, 0.2) is 0 Å². The van der Waals surface area contributed by atoms with Crippen LogP contribution in [0.3, 0.4) is 0 Å². The highest BCUT2D eigenvalue weighted by Gasteiger charge is 2.29. The highest BCUT2D eigenvalue weighted by Crippen LogP contribution is 2.34. The first-order valence-corrected chi connectivity index (χ1v) is 13.1. The number of benzene rings is 1. The molecule has 1 atom stereocenters. The van der Waals surface area contributed by atoms with E-state index in [4.69, 9.17) is 21.3 Å². The number of aliphatic hydroxyl groups is 1. The molecule has 38 heavy (non-hydrogen) atoms. The molecule has 0 unspecified atom stereocenters. The Morgan fingerprint density at radius 2 is 1.95 bits per heavy atom. The van der Waals surface area contributed by atoms with Gasteiger partial charge < -0.3 is 19.5 Å².